The summed E-state index contributed by atoms with van der Waals surface area (Å²) in [6.45, 7) is 0. The van der Waals surface area contributed by atoms with E-state index in [9.17, 15) is 0 Å². The monoisotopic (exact) mass is 196 g/mol. The predicted molar refractivity (Wildman–Crippen MR) is 53.9 cm³/mol. The van der Waals surface area contributed by atoms with Crippen molar-refractivity contribution in [1.82, 2.24) is 25.6 Å². The molecule has 3 aromatic rings. The second-order valence-electron chi connectivity index (χ2n) is 3.09. The summed E-state index contributed by atoms with van der Waals surface area (Å²) in [7, 11) is 0. The molecule has 1 aromatic carbocycles. The van der Waals surface area contributed by atoms with E-state index in [4.69, 9.17) is 0 Å². The predicted octanol–water partition coefficient (Wildman–Crippen LogP) is 1.04. The number of tetrazole rings is 1. The van der Waals surface area contributed by atoms with Crippen LogP contribution >= 0.6 is 0 Å². The molecule has 72 valence electrons. The van der Waals surface area contributed by atoms with Crippen LogP contribution in [-0.2, 0) is 0 Å². The molecule has 0 amide bonds. The number of pyridine rings is 1. The Bertz CT molecular complexity index is 588. The Labute approximate surface area is 85.2 Å². The fraction of sp³-hybridized carbons (Fsp3) is 0. The smallest absolute Gasteiger partial charge is 0.0780 e. The van der Waals surface area contributed by atoms with Gasteiger partial charge in [-0.05, 0) is 12.1 Å². The highest BCUT2D eigenvalue weighted by Gasteiger charge is 1.98. The van der Waals surface area contributed by atoms with E-state index in [0.717, 1.165) is 10.9 Å². The molecular weight excluding hydrogens is 190 g/mol. The Hall–Kier alpha value is -2.30. The molecule has 0 bridgehead atoms. The molecule has 0 N–H and O–H groups in total. The van der Waals surface area contributed by atoms with Crippen LogP contribution in [0.25, 0.3) is 22.4 Å². The van der Waals surface area contributed by atoms with Crippen molar-refractivity contribution in [2.24, 2.45) is 0 Å². The maximum atomic E-state index is 4.41. The van der Waals surface area contributed by atoms with Gasteiger partial charge in [-0.2, -0.15) is 5.21 Å². The third-order valence-electron chi connectivity index (χ3n) is 2.15. The number of fused-ring (bicyclic) bond motifs is 1. The zero-order valence-corrected chi connectivity index (χ0v) is 7.70. The first kappa shape index (κ1) is 8.05. The molecular formula is C10H6N5-. The molecule has 0 aliphatic carbocycles. The third-order valence-corrected chi connectivity index (χ3v) is 2.15. The van der Waals surface area contributed by atoms with Gasteiger partial charge >= 0.3 is 0 Å². The van der Waals surface area contributed by atoms with E-state index in [1.807, 2.05) is 36.4 Å². The van der Waals surface area contributed by atoms with E-state index >= 15 is 0 Å². The molecule has 0 aliphatic heterocycles. The van der Waals surface area contributed by atoms with Gasteiger partial charge in [-0.15, -0.1) is 0 Å². The van der Waals surface area contributed by atoms with Crippen LogP contribution in [0.2, 0.25) is 0 Å². The van der Waals surface area contributed by atoms with Crippen molar-refractivity contribution in [2.45, 2.75) is 0 Å². The maximum Gasteiger partial charge on any atom is 0.0780 e. The first-order valence-corrected chi connectivity index (χ1v) is 4.48. The van der Waals surface area contributed by atoms with Crippen molar-refractivity contribution in [3.63, 3.8) is 0 Å². The van der Waals surface area contributed by atoms with Crippen molar-refractivity contribution in [2.75, 3.05) is 0 Å². The van der Waals surface area contributed by atoms with E-state index in [0.29, 0.717) is 11.5 Å². The topological polar surface area (TPSA) is 65.7 Å². The Morgan fingerprint density at radius 2 is 1.93 bits per heavy atom. The number of rotatable bonds is 1. The molecule has 0 saturated carbocycles. The van der Waals surface area contributed by atoms with Gasteiger partial charge in [-0.3, -0.25) is 10.3 Å². The zero-order valence-electron chi connectivity index (χ0n) is 7.70. The van der Waals surface area contributed by atoms with Gasteiger partial charge in [-0.1, -0.05) is 24.3 Å². The second kappa shape index (κ2) is 3.13. The molecule has 2 heterocycles. The lowest BCUT2D eigenvalue weighted by Gasteiger charge is -2.01. The van der Waals surface area contributed by atoms with Gasteiger partial charge in [-0.25, -0.2) is 4.98 Å². The van der Waals surface area contributed by atoms with Crippen LogP contribution in [0.1, 0.15) is 0 Å². The molecule has 3 rings (SSSR count). The van der Waals surface area contributed by atoms with Gasteiger partial charge < -0.3 is 5.10 Å². The van der Waals surface area contributed by atoms with Crippen LogP contribution in [0.4, 0.5) is 0 Å². The number of hydrogen-bond acceptors (Lipinski definition) is 4. The Morgan fingerprint density at radius 3 is 2.80 bits per heavy atom. The zero-order chi connectivity index (χ0) is 10.1. The minimum absolute atomic E-state index is 0.459. The summed E-state index contributed by atoms with van der Waals surface area (Å²) in [5.74, 6) is 0.459. The maximum absolute atomic E-state index is 4.41. The summed E-state index contributed by atoms with van der Waals surface area (Å²) in [5.41, 5.74) is 1.61. The van der Waals surface area contributed by atoms with Crippen LogP contribution in [0, 0.1) is 0 Å². The second-order valence-corrected chi connectivity index (χ2v) is 3.09. The van der Waals surface area contributed by atoms with Gasteiger partial charge in [0.1, 0.15) is 0 Å². The summed E-state index contributed by atoms with van der Waals surface area (Å²) in [6.07, 6.45) is 0. The fourth-order valence-corrected chi connectivity index (χ4v) is 1.44. The largest absolute Gasteiger partial charge is 0.329 e. The van der Waals surface area contributed by atoms with E-state index in [1.165, 1.54) is 0 Å². The highest BCUT2D eigenvalue weighted by Crippen LogP contribution is 2.16. The lowest BCUT2D eigenvalue weighted by Crippen LogP contribution is -1.88. The van der Waals surface area contributed by atoms with E-state index in [2.05, 4.69) is 25.6 Å². The highest BCUT2D eigenvalue weighted by atomic mass is 15.5. The van der Waals surface area contributed by atoms with Crippen LogP contribution < -0.4 is 5.10 Å². The van der Waals surface area contributed by atoms with Gasteiger partial charge in [0.15, 0.2) is 0 Å². The average molecular weight is 196 g/mol. The molecule has 5 nitrogen and oxygen atoms in total. The van der Waals surface area contributed by atoms with Crippen LogP contribution in [0.3, 0.4) is 0 Å². The summed E-state index contributed by atoms with van der Waals surface area (Å²) >= 11 is 0. The molecule has 0 fully saturated rings. The van der Waals surface area contributed by atoms with E-state index < -0.39 is 0 Å². The van der Waals surface area contributed by atoms with Gasteiger partial charge in [0.25, 0.3) is 0 Å². The summed E-state index contributed by atoms with van der Waals surface area (Å²) in [6, 6.07) is 11.7. The molecule has 0 radical (unpaired) electrons. The van der Waals surface area contributed by atoms with Crippen LogP contribution in [0.15, 0.2) is 36.4 Å². The van der Waals surface area contributed by atoms with Gasteiger partial charge in [0, 0.05) is 5.39 Å². The lowest BCUT2D eigenvalue weighted by molar-refractivity contribution is 0.871. The van der Waals surface area contributed by atoms with Crippen LogP contribution in [0.5, 0.6) is 0 Å². The van der Waals surface area contributed by atoms with Crippen molar-refractivity contribution >= 4 is 10.9 Å². The van der Waals surface area contributed by atoms with Gasteiger partial charge in [0.05, 0.1) is 17.0 Å². The number of para-hydroxylation sites is 1. The minimum atomic E-state index is 0.459. The Morgan fingerprint density at radius 1 is 1.00 bits per heavy atom. The lowest BCUT2D eigenvalue weighted by atomic mass is 10.2. The average Bonchev–Trinajstić information content (AvgIpc) is 2.82. The molecule has 5 heteroatoms. The molecule has 0 unspecified atom stereocenters. The van der Waals surface area contributed by atoms with Crippen molar-refractivity contribution < 1.29 is 0 Å². The fourth-order valence-electron chi connectivity index (χ4n) is 1.44. The number of aromatic nitrogens is 5. The summed E-state index contributed by atoms with van der Waals surface area (Å²) in [5, 5.41) is 15.5. The quantitative estimate of drug-likeness (QED) is 0.581. The number of benzene rings is 1. The first-order valence-electron chi connectivity index (χ1n) is 4.48. The van der Waals surface area contributed by atoms with Gasteiger partial charge in [0.2, 0.25) is 0 Å². The summed E-state index contributed by atoms with van der Waals surface area (Å²) < 4.78 is 0. The van der Waals surface area contributed by atoms with E-state index in [-0.39, 0.29) is 0 Å². The Balaban J connectivity index is 2.22. The van der Waals surface area contributed by atoms with E-state index in [1.54, 1.807) is 0 Å². The molecule has 0 spiro atoms. The molecule has 15 heavy (non-hydrogen) atoms. The summed E-state index contributed by atoms with van der Waals surface area (Å²) in [4.78, 5) is 4.41. The van der Waals surface area contributed by atoms with Crippen LogP contribution in [-0.4, -0.2) is 20.5 Å². The highest BCUT2D eigenvalue weighted by molar-refractivity contribution is 5.80. The molecule has 0 atom stereocenters. The van der Waals surface area contributed by atoms with Crippen molar-refractivity contribution in [3.8, 4) is 11.5 Å². The normalized spacial score (nSPS) is 10.7. The van der Waals surface area contributed by atoms with Crippen molar-refractivity contribution in [1.29, 1.82) is 0 Å². The number of nitrogens with zero attached hydrogens (tertiary/aromatic N) is 5. The SMILES string of the molecule is c1ccc2nc(-c3nnn[n-]3)ccc2c1. The van der Waals surface area contributed by atoms with Crippen molar-refractivity contribution in [3.05, 3.63) is 36.4 Å². The molecule has 0 aliphatic rings. The standard InChI is InChI=1S/C10H6N5/c1-2-4-8-7(3-1)5-6-9(11-8)10-12-14-15-13-10/h1-6H/q-1. The number of hydrogen-bond donors (Lipinski definition) is 0. The third kappa shape index (κ3) is 1.34. The first-order chi connectivity index (χ1) is 7.43. The molecule has 0 saturated heterocycles. The Kier molecular flexibility index (Phi) is 1.68. The molecule has 2 aromatic heterocycles. The minimum Gasteiger partial charge on any atom is -0.329 e.